The van der Waals surface area contributed by atoms with Crippen molar-refractivity contribution in [3.63, 3.8) is 0 Å². The van der Waals surface area contributed by atoms with Crippen LogP contribution in [0.3, 0.4) is 0 Å². The standard InChI is InChI=1S/C18H21F3N6O/c19-18(20,21)9-25-10-1-3-11(4-2-10)27-15(7-14(22)28)26-13-8-24-17-12(16(13)27)5-6-23-17/h5-6,8,10-11,25H,1-4,7,9H2,(H2,22,28)(H,23,24). The van der Waals surface area contributed by atoms with Crippen LogP contribution in [0, 0.1) is 0 Å². The van der Waals surface area contributed by atoms with Crippen molar-refractivity contribution in [2.75, 3.05) is 6.54 Å². The van der Waals surface area contributed by atoms with E-state index in [1.807, 2.05) is 10.6 Å². The van der Waals surface area contributed by atoms with E-state index in [1.54, 1.807) is 12.4 Å². The molecule has 0 spiro atoms. The van der Waals surface area contributed by atoms with Gasteiger partial charge in [0.05, 0.1) is 24.7 Å². The van der Waals surface area contributed by atoms with Gasteiger partial charge in [-0.05, 0) is 31.7 Å². The molecule has 0 aliphatic heterocycles. The summed E-state index contributed by atoms with van der Waals surface area (Å²) in [6, 6.07) is 1.79. The molecule has 4 rings (SSSR count). The summed E-state index contributed by atoms with van der Waals surface area (Å²) < 4.78 is 39.4. The van der Waals surface area contributed by atoms with Gasteiger partial charge < -0.3 is 20.6 Å². The fourth-order valence-corrected chi connectivity index (χ4v) is 4.11. The fourth-order valence-electron chi connectivity index (χ4n) is 4.11. The number of nitrogens with two attached hydrogens (primary N) is 1. The highest BCUT2D eigenvalue weighted by Crippen LogP contribution is 2.35. The largest absolute Gasteiger partial charge is 0.401 e. The van der Waals surface area contributed by atoms with Gasteiger partial charge in [-0.2, -0.15) is 13.2 Å². The van der Waals surface area contributed by atoms with E-state index < -0.39 is 18.6 Å². The van der Waals surface area contributed by atoms with Crippen LogP contribution < -0.4 is 11.1 Å². The van der Waals surface area contributed by atoms with E-state index in [9.17, 15) is 18.0 Å². The van der Waals surface area contributed by atoms with Crippen LogP contribution >= 0.6 is 0 Å². The molecule has 4 N–H and O–H groups in total. The molecule has 10 heteroatoms. The molecule has 0 radical (unpaired) electrons. The number of nitrogens with zero attached hydrogens (tertiary/aromatic N) is 3. The maximum atomic E-state index is 12.4. The van der Waals surface area contributed by atoms with Crippen molar-refractivity contribution >= 4 is 28.0 Å². The summed E-state index contributed by atoms with van der Waals surface area (Å²) in [6.45, 7) is -0.973. The lowest BCUT2D eigenvalue weighted by Crippen LogP contribution is -2.39. The number of nitrogens with one attached hydrogen (secondary N) is 2. The monoisotopic (exact) mass is 394 g/mol. The third kappa shape index (κ3) is 3.68. The molecule has 3 heterocycles. The Hall–Kier alpha value is -2.62. The molecule has 7 nitrogen and oxygen atoms in total. The highest BCUT2D eigenvalue weighted by Gasteiger charge is 2.31. The number of hydrogen-bond acceptors (Lipinski definition) is 4. The van der Waals surface area contributed by atoms with Gasteiger partial charge in [0.2, 0.25) is 5.91 Å². The molecular weight excluding hydrogens is 373 g/mol. The Morgan fingerprint density at radius 2 is 2.07 bits per heavy atom. The first-order chi connectivity index (χ1) is 13.3. The second-order valence-corrected chi connectivity index (χ2v) is 7.27. The molecule has 28 heavy (non-hydrogen) atoms. The van der Waals surface area contributed by atoms with Gasteiger partial charge in [-0.15, -0.1) is 0 Å². The van der Waals surface area contributed by atoms with E-state index in [-0.39, 0.29) is 18.5 Å². The maximum Gasteiger partial charge on any atom is 0.401 e. The summed E-state index contributed by atoms with van der Waals surface area (Å²) in [5.41, 5.74) is 7.70. The lowest BCUT2D eigenvalue weighted by molar-refractivity contribution is -0.126. The van der Waals surface area contributed by atoms with Gasteiger partial charge in [0.1, 0.15) is 17.0 Å². The van der Waals surface area contributed by atoms with Crippen LogP contribution in [0.25, 0.3) is 22.1 Å². The lowest BCUT2D eigenvalue weighted by Gasteiger charge is -2.31. The molecule has 0 atom stereocenters. The van der Waals surface area contributed by atoms with E-state index in [4.69, 9.17) is 5.73 Å². The number of carbonyl (C=O) groups excluding carboxylic acids is 1. The number of H-pyrrole nitrogens is 1. The third-order valence-electron chi connectivity index (χ3n) is 5.29. The van der Waals surface area contributed by atoms with Gasteiger partial charge in [-0.1, -0.05) is 0 Å². The Bertz CT molecular complexity index is 1000. The maximum absolute atomic E-state index is 12.4. The average molecular weight is 394 g/mol. The Labute approximate surface area is 158 Å². The molecule has 0 unspecified atom stereocenters. The zero-order valence-electron chi connectivity index (χ0n) is 15.1. The topological polar surface area (TPSA) is 102 Å². The first-order valence-electron chi connectivity index (χ1n) is 9.23. The minimum atomic E-state index is -4.21. The Kier molecular flexibility index (Phi) is 4.74. The molecule has 1 fully saturated rings. The third-order valence-corrected chi connectivity index (χ3v) is 5.29. The van der Waals surface area contributed by atoms with Crippen molar-refractivity contribution in [1.82, 2.24) is 24.8 Å². The smallest absolute Gasteiger partial charge is 0.369 e. The number of fused-ring (bicyclic) bond motifs is 3. The average Bonchev–Trinajstić information content (AvgIpc) is 3.23. The second-order valence-electron chi connectivity index (χ2n) is 7.27. The van der Waals surface area contributed by atoms with Gasteiger partial charge in [-0.25, -0.2) is 9.97 Å². The molecule has 0 aromatic carbocycles. The fraction of sp³-hybridized carbons (Fsp3) is 0.500. The van der Waals surface area contributed by atoms with Crippen LogP contribution in [0.2, 0.25) is 0 Å². The number of aromatic amines is 1. The summed E-state index contributed by atoms with van der Waals surface area (Å²) in [5, 5.41) is 3.50. The molecule has 0 saturated heterocycles. The molecular formula is C18H21F3N6O. The molecule has 150 valence electrons. The number of amides is 1. The second kappa shape index (κ2) is 7.08. The van der Waals surface area contributed by atoms with Crippen LogP contribution in [-0.2, 0) is 11.2 Å². The number of rotatable bonds is 5. The normalized spacial score (nSPS) is 20.8. The van der Waals surface area contributed by atoms with Crippen LogP contribution in [0.4, 0.5) is 13.2 Å². The number of halogens is 3. The molecule has 1 aliphatic carbocycles. The highest BCUT2D eigenvalue weighted by atomic mass is 19.4. The first kappa shape index (κ1) is 18.7. The Morgan fingerprint density at radius 3 is 2.75 bits per heavy atom. The van der Waals surface area contributed by atoms with Crippen molar-refractivity contribution in [2.24, 2.45) is 5.73 Å². The summed E-state index contributed by atoms with van der Waals surface area (Å²) in [7, 11) is 0. The lowest BCUT2D eigenvalue weighted by atomic mass is 9.90. The van der Waals surface area contributed by atoms with Gasteiger partial charge >= 0.3 is 6.18 Å². The zero-order chi connectivity index (χ0) is 19.9. The van der Waals surface area contributed by atoms with Gasteiger partial charge in [0.25, 0.3) is 0 Å². The minimum absolute atomic E-state index is 0.00679. The van der Waals surface area contributed by atoms with Gasteiger partial charge in [-0.3, -0.25) is 4.79 Å². The quantitative estimate of drug-likeness (QED) is 0.619. The van der Waals surface area contributed by atoms with E-state index in [0.29, 0.717) is 37.0 Å². The number of hydrogen-bond donors (Lipinski definition) is 3. The Balaban J connectivity index is 1.64. The van der Waals surface area contributed by atoms with Gasteiger partial charge in [0, 0.05) is 23.7 Å². The predicted octanol–water partition coefficient (Wildman–Crippen LogP) is 2.58. The Morgan fingerprint density at radius 1 is 1.32 bits per heavy atom. The number of primary amides is 1. The van der Waals surface area contributed by atoms with Crippen molar-refractivity contribution in [3.05, 3.63) is 24.3 Å². The number of carbonyl (C=O) groups is 1. The molecule has 1 saturated carbocycles. The number of aromatic nitrogens is 4. The van der Waals surface area contributed by atoms with Gasteiger partial charge in [0.15, 0.2) is 0 Å². The molecule has 3 aromatic heterocycles. The minimum Gasteiger partial charge on any atom is -0.369 e. The zero-order valence-corrected chi connectivity index (χ0v) is 15.1. The van der Waals surface area contributed by atoms with Crippen LogP contribution in [0.15, 0.2) is 18.5 Å². The molecule has 3 aromatic rings. The molecule has 1 amide bonds. The summed E-state index contributed by atoms with van der Waals surface area (Å²) in [6.07, 6.45) is 1.88. The SMILES string of the molecule is NC(=O)Cc1nc2cnc3[nH]ccc3c2n1C1CCC(NCC(F)(F)F)CC1. The summed E-state index contributed by atoms with van der Waals surface area (Å²) >= 11 is 0. The van der Waals surface area contributed by atoms with E-state index in [2.05, 4.69) is 20.3 Å². The number of alkyl halides is 3. The predicted molar refractivity (Wildman–Crippen MR) is 97.6 cm³/mol. The van der Waals surface area contributed by atoms with Crippen molar-refractivity contribution in [2.45, 2.75) is 50.4 Å². The van der Waals surface area contributed by atoms with E-state index >= 15 is 0 Å². The van der Waals surface area contributed by atoms with Crippen molar-refractivity contribution < 1.29 is 18.0 Å². The molecule has 0 bridgehead atoms. The number of imidazole rings is 1. The summed E-state index contributed by atoms with van der Waals surface area (Å²) in [5.74, 6) is 0.0973. The number of pyridine rings is 1. The van der Waals surface area contributed by atoms with Crippen molar-refractivity contribution in [3.8, 4) is 0 Å². The van der Waals surface area contributed by atoms with E-state index in [0.717, 1.165) is 16.6 Å². The van der Waals surface area contributed by atoms with Crippen LogP contribution in [-0.4, -0.2) is 44.2 Å². The van der Waals surface area contributed by atoms with E-state index in [1.165, 1.54) is 0 Å². The van der Waals surface area contributed by atoms with Crippen molar-refractivity contribution in [1.29, 1.82) is 0 Å². The molecule has 1 aliphatic rings. The highest BCUT2D eigenvalue weighted by molar-refractivity contribution is 6.01. The first-order valence-corrected chi connectivity index (χ1v) is 9.23. The van der Waals surface area contributed by atoms with Crippen LogP contribution in [0.1, 0.15) is 37.5 Å². The van der Waals surface area contributed by atoms with Crippen LogP contribution in [0.5, 0.6) is 0 Å². The summed E-state index contributed by atoms with van der Waals surface area (Å²) in [4.78, 5) is 23.5.